The first-order valence-corrected chi connectivity index (χ1v) is 9.29. The summed E-state index contributed by atoms with van der Waals surface area (Å²) < 4.78 is 4.74. The third-order valence-electron chi connectivity index (χ3n) is 5.92. The molecule has 0 bridgehead atoms. The Morgan fingerprint density at radius 3 is 2.46 bits per heavy atom. The molecular weight excluding hydrogens is 332 g/mol. The molecule has 2 unspecified atom stereocenters. The molecule has 2 N–H and O–H groups in total. The Labute approximate surface area is 153 Å². The van der Waals surface area contributed by atoms with Gasteiger partial charge in [0.1, 0.15) is 0 Å². The van der Waals surface area contributed by atoms with E-state index >= 15 is 0 Å². The largest absolute Gasteiger partial charge is 0.465 e. The summed E-state index contributed by atoms with van der Waals surface area (Å²) >= 11 is 0. The third-order valence-corrected chi connectivity index (χ3v) is 5.92. The van der Waals surface area contributed by atoms with Crippen LogP contribution in [0.1, 0.15) is 17.3 Å². The molecule has 1 aliphatic carbocycles. The van der Waals surface area contributed by atoms with E-state index in [1.807, 2.05) is 17.0 Å². The molecule has 0 aromatic heterocycles. The quantitative estimate of drug-likeness (QED) is 0.786. The highest BCUT2D eigenvalue weighted by atomic mass is 16.5. The number of hydrogen-bond acceptors (Lipinski definition) is 5. The number of hydrogen-bond donors (Lipinski definition) is 2. The van der Waals surface area contributed by atoms with E-state index in [0.29, 0.717) is 30.0 Å². The molecule has 4 atom stereocenters. The number of methoxy groups -OCH3 is 1. The van der Waals surface area contributed by atoms with E-state index in [9.17, 15) is 9.59 Å². The van der Waals surface area contributed by atoms with Gasteiger partial charge < -0.3 is 25.2 Å². The monoisotopic (exact) mass is 358 g/mol. The summed E-state index contributed by atoms with van der Waals surface area (Å²) in [5.74, 6) is 0.930. The number of carbonyl (C=O) groups is 2. The summed E-state index contributed by atoms with van der Waals surface area (Å²) in [7, 11) is 1.38. The number of nitrogens with one attached hydrogen (secondary N) is 2. The first-order valence-electron chi connectivity index (χ1n) is 9.29. The number of esters is 1. The highest BCUT2D eigenvalue weighted by Gasteiger charge is 2.54. The van der Waals surface area contributed by atoms with Crippen molar-refractivity contribution in [1.29, 1.82) is 0 Å². The van der Waals surface area contributed by atoms with E-state index in [-0.39, 0.29) is 18.0 Å². The van der Waals surface area contributed by atoms with Crippen molar-refractivity contribution < 1.29 is 14.3 Å². The van der Waals surface area contributed by atoms with E-state index in [2.05, 4.69) is 22.5 Å². The maximum Gasteiger partial charge on any atom is 0.337 e. The van der Waals surface area contributed by atoms with Crippen molar-refractivity contribution >= 4 is 17.7 Å². The van der Waals surface area contributed by atoms with Gasteiger partial charge in [-0.3, -0.25) is 0 Å². The Kier molecular flexibility index (Phi) is 4.48. The minimum atomic E-state index is -0.327. The Hall–Kier alpha value is -2.28. The summed E-state index contributed by atoms with van der Waals surface area (Å²) in [5.41, 5.74) is 1.61. The van der Waals surface area contributed by atoms with E-state index in [1.165, 1.54) is 7.11 Å². The smallest absolute Gasteiger partial charge is 0.337 e. The zero-order chi connectivity index (χ0) is 18.3. The topological polar surface area (TPSA) is 73.9 Å². The summed E-state index contributed by atoms with van der Waals surface area (Å²) in [6.07, 6.45) is 0. The van der Waals surface area contributed by atoms with Crippen LogP contribution in [0.4, 0.5) is 10.5 Å². The maximum absolute atomic E-state index is 12.6. The van der Waals surface area contributed by atoms with E-state index < -0.39 is 0 Å². The van der Waals surface area contributed by atoms with Gasteiger partial charge in [0, 0.05) is 50.5 Å². The van der Waals surface area contributed by atoms with E-state index in [1.54, 1.807) is 12.1 Å². The lowest BCUT2D eigenvalue weighted by atomic mass is 10.1. The molecule has 2 heterocycles. The summed E-state index contributed by atoms with van der Waals surface area (Å²) in [6, 6.07) is 8.01. The van der Waals surface area contributed by atoms with Gasteiger partial charge in [-0.1, -0.05) is 0 Å². The van der Waals surface area contributed by atoms with Gasteiger partial charge in [-0.15, -0.1) is 0 Å². The highest BCUT2D eigenvalue weighted by Crippen LogP contribution is 2.41. The molecule has 3 fully saturated rings. The van der Waals surface area contributed by atoms with Crippen LogP contribution in [0.15, 0.2) is 24.3 Å². The second-order valence-corrected chi connectivity index (χ2v) is 7.49. The van der Waals surface area contributed by atoms with Crippen molar-refractivity contribution in [3.8, 4) is 0 Å². The van der Waals surface area contributed by atoms with Crippen LogP contribution in [0.3, 0.4) is 0 Å². The fourth-order valence-electron chi connectivity index (χ4n) is 4.28. The Morgan fingerprint density at radius 1 is 1.15 bits per heavy atom. The zero-order valence-corrected chi connectivity index (χ0v) is 15.3. The van der Waals surface area contributed by atoms with Gasteiger partial charge in [0.2, 0.25) is 0 Å². The van der Waals surface area contributed by atoms with Crippen molar-refractivity contribution in [2.24, 2.45) is 11.8 Å². The zero-order valence-electron chi connectivity index (χ0n) is 15.3. The van der Waals surface area contributed by atoms with E-state index in [0.717, 1.165) is 31.9 Å². The molecule has 1 saturated carbocycles. The van der Waals surface area contributed by atoms with Crippen molar-refractivity contribution in [3.05, 3.63) is 29.8 Å². The van der Waals surface area contributed by atoms with Crippen molar-refractivity contribution in [2.75, 3.05) is 44.7 Å². The van der Waals surface area contributed by atoms with Crippen LogP contribution >= 0.6 is 0 Å². The SMILES string of the molecule is COC(=O)c1ccc(N2CCN(C(=O)NC3[C@H]4CNC[C@@H]34)C(C)C2)cc1. The molecule has 2 amide bonds. The molecule has 0 radical (unpaired) electrons. The normalized spacial score (nSPS) is 29.9. The van der Waals surface area contributed by atoms with Gasteiger partial charge in [-0.25, -0.2) is 9.59 Å². The van der Waals surface area contributed by atoms with Gasteiger partial charge in [0.25, 0.3) is 0 Å². The molecular formula is C19H26N4O3. The van der Waals surface area contributed by atoms with Crippen LogP contribution in [-0.2, 0) is 4.74 Å². The van der Waals surface area contributed by atoms with Crippen LogP contribution in [0.25, 0.3) is 0 Å². The van der Waals surface area contributed by atoms with Gasteiger partial charge in [-0.2, -0.15) is 0 Å². The second kappa shape index (κ2) is 6.79. The third kappa shape index (κ3) is 3.11. The number of anilines is 1. The first kappa shape index (κ1) is 17.1. The average molecular weight is 358 g/mol. The van der Waals surface area contributed by atoms with Crippen LogP contribution < -0.4 is 15.5 Å². The van der Waals surface area contributed by atoms with Crippen molar-refractivity contribution in [3.63, 3.8) is 0 Å². The number of benzene rings is 1. The standard InChI is InChI=1S/C19H26N4O3/c1-12-11-22(14-5-3-13(4-6-14)18(24)26-2)7-8-23(12)19(25)21-17-15-9-20-10-16(15)17/h3-6,12,15-17,20H,7-11H2,1-2H3,(H,21,25)/t12?,15-,16+,17?. The molecule has 26 heavy (non-hydrogen) atoms. The number of piperazine rings is 1. The van der Waals surface area contributed by atoms with Gasteiger partial charge in [0.15, 0.2) is 0 Å². The Morgan fingerprint density at radius 2 is 1.85 bits per heavy atom. The molecule has 1 aromatic carbocycles. The van der Waals surface area contributed by atoms with Gasteiger partial charge in [-0.05, 0) is 43.0 Å². The Bertz CT molecular complexity index is 683. The van der Waals surface area contributed by atoms with Gasteiger partial charge in [0.05, 0.1) is 12.7 Å². The van der Waals surface area contributed by atoms with Gasteiger partial charge >= 0.3 is 12.0 Å². The molecule has 7 nitrogen and oxygen atoms in total. The number of nitrogens with zero attached hydrogens (tertiary/aromatic N) is 2. The number of piperidine rings is 1. The number of amides is 2. The lowest BCUT2D eigenvalue weighted by Gasteiger charge is -2.41. The second-order valence-electron chi connectivity index (χ2n) is 7.49. The van der Waals surface area contributed by atoms with Crippen LogP contribution in [-0.4, -0.2) is 68.8 Å². The molecule has 140 valence electrons. The van der Waals surface area contributed by atoms with E-state index in [4.69, 9.17) is 4.74 Å². The number of ether oxygens (including phenoxy) is 1. The van der Waals surface area contributed by atoms with Crippen LogP contribution in [0.2, 0.25) is 0 Å². The fourth-order valence-corrected chi connectivity index (χ4v) is 4.28. The molecule has 0 spiro atoms. The molecule has 2 aliphatic heterocycles. The first-order chi connectivity index (χ1) is 12.6. The predicted molar refractivity (Wildman–Crippen MR) is 98.3 cm³/mol. The number of carbonyl (C=O) groups excluding carboxylic acids is 2. The molecule has 1 aromatic rings. The Balaban J connectivity index is 1.33. The number of fused-ring (bicyclic) bond motifs is 1. The predicted octanol–water partition coefficient (Wildman–Crippen LogP) is 0.911. The lowest BCUT2D eigenvalue weighted by Crippen LogP contribution is -2.57. The van der Waals surface area contributed by atoms with Crippen LogP contribution in [0.5, 0.6) is 0 Å². The summed E-state index contributed by atoms with van der Waals surface area (Å²) in [6.45, 7) is 6.41. The maximum atomic E-state index is 12.6. The highest BCUT2D eigenvalue weighted by molar-refractivity contribution is 5.89. The molecule has 2 saturated heterocycles. The van der Waals surface area contributed by atoms with Crippen molar-refractivity contribution in [2.45, 2.75) is 19.0 Å². The van der Waals surface area contributed by atoms with Crippen LogP contribution in [0, 0.1) is 11.8 Å². The number of rotatable bonds is 3. The minimum Gasteiger partial charge on any atom is -0.465 e. The molecule has 7 heteroatoms. The number of urea groups is 1. The lowest BCUT2D eigenvalue weighted by molar-refractivity contribution is 0.0600. The summed E-state index contributed by atoms with van der Waals surface area (Å²) in [5, 5.41) is 6.57. The molecule has 4 rings (SSSR count). The summed E-state index contributed by atoms with van der Waals surface area (Å²) in [4.78, 5) is 28.4. The average Bonchev–Trinajstić information content (AvgIpc) is 3.07. The fraction of sp³-hybridized carbons (Fsp3) is 0.579. The van der Waals surface area contributed by atoms with Crippen molar-refractivity contribution in [1.82, 2.24) is 15.5 Å². The molecule has 3 aliphatic rings. The minimum absolute atomic E-state index is 0.0672.